The molecule has 0 amide bonds. The minimum absolute atomic E-state index is 0.0505. The smallest absolute Gasteiger partial charge is 0.193 e. The van der Waals surface area contributed by atoms with Crippen LogP contribution in [0.15, 0.2) is 45.3 Å². The molecule has 3 heteroatoms. The number of carbonyl (C=O) groups excluding carboxylic acids is 1. The molecule has 0 aliphatic heterocycles. The third-order valence-electron chi connectivity index (χ3n) is 2.75. The van der Waals surface area contributed by atoms with E-state index in [1.165, 1.54) is 5.56 Å². The summed E-state index contributed by atoms with van der Waals surface area (Å²) in [6, 6.07) is 11.5. The maximum Gasteiger partial charge on any atom is 0.193 e. The molecule has 0 saturated heterocycles. The summed E-state index contributed by atoms with van der Waals surface area (Å²) in [5.41, 5.74) is 3.62. The summed E-state index contributed by atoms with van der Waals surface area (Å²) in [7, 11) is 0. The second-order valence-corrected chi connectivity index (χ2v) is 6.14. The minimum Gasteiger partial charge on any atom is -0.289 e. The van der Waals surface area contributed by atoms with Gasteiger partial charge < -0.3 is 0 Å². The van der Waals surface area contributed by atoms with Gasteiger partial charge in [0.2, 0.25) is 0 Å². The summed E-state index contributed by atoms with van der Waals surface area (Å²) in [4.78, 5) is 12.4. The van der Waals surface area contributed by atoms with Gasteiger partial charge in [0.1, 0.15) is 0 Å². The molecule has 0 N–H and O–H groups in total. The lowest BCUT2D eigenvalue weighted by molar-refractivity contribution is 0.103. The number of ketones is 1. The van der Waals surface area contributed by atoms with Crippen LogP contribution in [0.4, 0.5) is 0 Å². The molecular formula is C15H12Br2O. The van der Waals surface area contributed by atoms with Crippen molar-refractivity contribution >= 4 is 37.6 Å². The fourth-order valence-electron chi connectivity index (χ4n) is 1.91. The fraction of sp³-hybridized carbons (Fsp3) is 0.133. The van der Waals surface area contributed by atoms with E-state index in [1.54, 1.807) is 0 Å². The predicted octanol–water partition coefficient (Wildman–Crippen LogP) is 5.06. The highest BCUT2D eigenvalue weighted by Gasteiger charge is 2.12. The van der Waals surface area contributed by atoms with E-state index in [-0.39, 0.29) is 5.78 Å². The Morgan fingerprint density at radius 3 is 2.11 bits per heavy atom. The van der Waals surface area contributed by atoms with Gasteiger partial charge in [-0.25, -0.2) is 0 Å². The molecule has 0 spiro atoms. The highest BCUT2D eigenvalue weighted by atomic mass is 79.9. The maximum atomic E-state index is 12.4. The van der Waals surface area contributed by atoms with E-state index < -0.39 is 0 Å². The van der Waals surface area contributed by atoms with Crippen LogP contribution >= 0.6 is 31.9 Å². The Labute approximate surface area is 123 Å². The molecule has 0 unspecified atom stereocenters. The summed E-state index contributed by atoms with van der Waals surface area (Å²) in [6.45, 7) is 3.99. The van der Waals surface area contributed by atoms with Gasteiger partial charge in [0.15, 0.2) is 5.78 Å². The maximum absolute atomic E-state index is 12.4. The van der Waals surface area contributed by atoms with Crippen LogP contribution < -0.4 is 0 Å². The molecule has 0 aliphatic rings. The van der Waals surface area contributed by atoms with E-state index in [9.17, 15) is 4.79 Å². The molecule has 2 rings (SSSR count). The van der Waals surface area contributed by atoms with E-state index in [0.717, 1.165) is 20.1 Å². The predicted molar refractivity (Wildman–Crippen MR) is 81.2 cm³/mol. The second-order valence-electron chi connectivity index (χ2n) is 4.31. The van der Waals surface area contributed by atoms with E-state index in [2.05, 4.69) is 31.9 Å². The Kier molecular flexibility index (Phi) is 4.03. The fourth-order valence-corrected chi connectivity index (χ4v) is 3.20. The molecule has 18 heavy (non-hydrogen) atoms. The lowest BCUT2D eigenvalue weighted by Crippen LogP contribution is -2.04. The van der Waals surface area contributed by atoms with Gasteiger partial charge in [-0.05, 0) is 37.6 Å². The Hall–Kier alpha value is -0.930. The Morgan fingerprint density at radius 1 is 0.944 bits per heavy atom. The SMILES string of the molecule is Cc1ccc(C(=O)c2cc(Br)cc(Br)c2)c(C)c1. The molecule has 0 aliphatic carbocycles. The Balaban J connectivity index is 2.47. The molecule has 0 fully saturated rings. The van der Waals surface area contributed by atoms with Crippen molar-refractivity contribution in [1.82, 2.24) is 0 Å². The number of halogens is 2. The lowest BCUT2D eigenvalue weighted by Gasteiger charge is -2.07. The van der Waals surface area contributed by atoms with Crippen molar-refractivity contribution < 1.29 is 4.79 Å². The van der Waals surface area contributed by atoms with Crippen LogP contribution in [0.2, 0.25) is 0 Å². The summed E-state index contributed by atoms with van der Waals surface area (Å²) in [5.74, 6) is 0.0505. The van der Waals surface area contributed by atoms with E-state index in [0.29, 0.717) is 5.56 Å². The van der Waals surface area contributed by atoms with Crippen molar-refractivity contribution in [2.45, 2.75) is 13.8 Å². The molecule has 2 aromatic rings. The largest absolute Gasteiger partial charge is 0.289 e. The highest BCUT2D eigenvalue weighted by molar-refractivity contribution is 9.11. The van der Waals surface area contributed by atoms with Crippen molar-refractivity contribution in [3.63, 3.8) is 0 Å². The molecule has 0 radical (unpaired) electrons. The monoisotopic (exact) mass is 366 g/mol. The zero-order valence-corrected chi connectivity index (χ0v) is 13.3. The quantitative estimate of drug-likeness (QED) is 0.678. The molecule has 0 bridgehead atoms. The molecule has 0 heterocycles. The summed E-state index contributed by atoms with van der Waals surface area (Å²) in [5, 5.41) is 0. The molecule has 92 valence electrons. The van der Waals surface area contributed by atoms with Gasteiger partial charge in [-0.2, -0.15) is 0 Å². The van der Waals surface area contributed by atoms with Gasteiger partial charge in [0.05, 0.1) is 0 Å². The van der Waals surface area contributed by atoms with Crippen molar-refractivity contribution in [2.24, 2.45) is 0 Å². The van der Waals surface area contributed by atoms with Gasteiger partial charge in [0.25, 0.3) is 0 Å². The van der Waals surface area contributed by atoms with Crippen LogP contribution in [0.25, 0.3) is 0 Å². The van der Waals surface area contributed by atoms with Crippen LogP contribution in [-0.4, -0.2) is 5.78 Å². The summed E-state index contributed by atoms with van der Waals surface area (Å²) < 4.78 is 1.79. The number of aryl methyl sites for hydroxylation is 2. The van der Waals surface area contributed by atoms with Crippen LogP contribution in [0.3, 0.4) is 0 Å². The molecular weight excluding hydrogens is 356 g/mol. The molecule has 0 atom stereocenters. The van der Waals surface area contributed by atoms with Gasteiger partial charge in [-0.1, -0.05) is 55.6 Å². The zero-order valence-electron chi connectivity index (χ0n) is 10.1. The van der Waals surface area contributed by atoms with Gasteiger partial charge in [-0.15, -0.1) is 0 Å². The number of benzene rings is 2. The molecule has 0 aromatic heterocycles. The van der Waals surface area contributed by atoms with E-state index >= 15 is 0 Å². The average molecular weight is 368 g/mol. The lowest BCUT2D eigenvalue weighted by atomic mass is 9.98. The minimum atomic E-state index is 0.0505. The van der Waals surface area contributed by atoms with E-state index in [1.807, 2.05) is 50.2 Å². The van der Waals surface area contributed by atoms with Crippen LogP contribution in [0.1, 0.15) is 27.0 Å². The molecule has 2 aromatic carbocycles. The van der Waals surface area contributed by atoms with Crippen LogP contribution in [-0.2, 0) is 0 Å². The third-order valence-corrected chi connectivity index (χ3v) is 3.67. The van der Waals surface area contributed by atoms with Crippen LogP contribution in [0.5, 0.6) is 0 Å². The molecule has 0 saturated carbocycles. The first-order valence-electron chi connectivity index (χ1n) is 5.55. The number of hydrogen-bond donors (Lipinski definition) is 0. The average Bonchev–Trinajstić information content (AvgIpc) is 2.26. The Morgan fingerprint density at radius 2 is 1.56 bits per heavy atom. The first-order valence-corrected chi connectivity index (χ1v) is 7.14. The Bertz CT molecular complexity index is 598. The third kappa shape index (κ3) is 2.90. The number of rotatable bonds is 2. The number of carbonyl (C=O) groups is 1. The summed E-state index contributed by atoms with van der Waals surface area (Å²) in [6.07, 6.45) is 0. The van der Waals surface area contributed by atoms with Gasteiger partial charge in [0, 0.05) is 20.1 Å². The first kappa shape index (κ1) is 13.5. The van der Waals surface area contributed by atoms with Crippen molar-refractivity contribution in [3.8, 4) is 0 Å². The topological polar surface area (TPSA) is 17.1 Å². The van der Waals surface area contributed by atoms with Crippen molar-refractivity contribution in [2.75, 3.05) is 0 Å². The van der Waals surface area contributed by atoms with Crippen molar-refractivity contribution in [1.29, 1.82) is 0 Å². The number of hydrogen-bond acceptors (Lipinski definition) is 1. The van der Waals surface area contributed by atoms with E-state index in [4.69, 9.17) is 0 Å². The highest BCUT2D eigenvalue weighted by Crippen LogP contribution is 2.23. The molecule has 1 nitrogen and oxygen atoms in total. The van der Waals surface area contributed by atoms with Crippen LogP contribution in [0, 0.1) is 13.8 Å². The summed E-state index contributed by atoms with van der Waals surface area (Å²) >= 11 is 6.80. The van der Waals surface area contributed by atoms with Gasteiger partial charge >= 0.3 is 0 Å². The second kappa shape index (κ2) is 5.37. The normalized spacial score (nSPS) is 10.4. The zero-order chi connectivity index (χ0) is 13.3. The first-order chi connectivity index (χ1) is 8.47. The van der Waals surface area contributed by atoms with Gasteiger partial charge in [-0.3, -0.25) is 4.79 Å². The van der Waals surface area contributed by atoms with Crippen molar-refractivity contribution in [3.05, 3.63) is 67.6 Å². The standard InChI is InChI=1S/C15H12Br2O/c1-9-3-4-14(10(2)5-9)15(18)11-6-12(16)8-13(17)7-11/h3-8H,1-2H3.